The highest BCUT2D eigenvalue weighted by Gasteiger charge is 2.36. The molecule has 186 valence electrons. The molecule has 1 amide bonds. The van der Waals surface area contributed by atoms with Crippen LogP contribution in [0.5, 0.6) is 0 Å². The monoisotopic (exact) mass is 493 g/mol. The van der Waals surface area contributed by atoms with Gasteiger partial charge in [0.2, 0.25) is 0 Å². The summed E-state index contributed by atoms with van der Waals surface area (Å²) in [5.74, 6) is -0.713. The molecule has 0 unspecified atom stereocenters. The van der Waals surface area contributed by atoms with Crippen molar-refractivity contribution in [2.75, 3.05) is 16.8 Å². The number of nitrogens with zero attached hydrogens (tertiary/aromatic N) is 3. The van der Waals surface area contributed by atoms with E-state index in [2.05, 4.69) is 22.2 Å². The number of carbonyl (C=O) groups is 1. The van der Waals surface area contributed by atoms with Gasteiger partial charge in [0, 0.05) is 36.2 Å². The minimum absolute atomic E-state index is 0.200. The van der Waals surface area contributed by atoms with Gasteiger partial charge in [-0.25, -0.2) is 4.68 Å². The van der Waals surface area contributed by atoms with Crippen LogP contribution < -0.4 is 16.0 Å². The van der Waals surface area contributed by atoms with Crippen molar-refractivity contribution in [1.29, 1.82) is 0 Å². The molecule has 0 aliphatic carbocycles. The van der Waals surface area contributed by atoms with Crippen LogP contribution in [0.3, 0.4) is 0 Å². The lowest BCUT2D eigenvalue weighted by Gasteiger charge is -2.25. The Bertz CT molecular complexity index is 1330. The highest BCUT2D eigenvalue weighted by Crippen LogP contribution is 2.31. The van der Waals surface area contributed by atoms with Gasteiger partial charge in [-0.2, -0.15) is 18.3 Å². The minimum atomic E-state index is -4.71. The summed E-state index contributed by atoms with van der Waals surface area (Å²) in [4.78, 5) is 15.3. The molecule has 9 heteroatoms. The smallest absolute Gasteiger partial charge is 0.341 e. The molecule has 0 saturated heterocycles. The zero-order valence-corrected chi connectivity index (χ0v) is 19.7. The largest absolute Gasteiger partial charge is 0.435 e. The number of anilines is 3. The van der Waals surface area contributed by atoms with Crippen molar-refractivity contribution >= 4 is 23.0 Å². The molecule has 3 N–H and O–H groups in total. The third-order valence-electron chi connectivity index (χ3n) is 5.55. The minimum Gasteiger partial charge on any atom is -0.341 e. The quantitative estimate of drug-likeness (QED) is 0.309. The second kappa shape index (κ2) is 10.7. The van der Waals surface area contributed by atoms with Crippen LogP contribution in [0.15, 0.2) is 84.9 Å². The Kier molecular flexibility index (Phi) is 7.40. The molecule has 0 spiro atoms. The van der Waals surface area contributed by atoms with Crippen molar-refractivity contribution in [3.63, 3.8) is 0 Å². The topological polar surface area (TPSA) is 76.2 Å². The van der Waals surface area contributed by atoms with Crippen molar-refractivity contribution in [3.8, 4) is 5.69 Å². The number of carbonyl (C=O) groups excluding carboxylic acids is 1. The standard InChI is InChI=1S/C27H26F3N5O/c1-2-14-34(21-10-4-3-5-11-21)22-12-7-9-20(16-22)32-26(36)24-17-25(27(28,29)30)33-35(24)23-13-6-8-19(15-23)18-31/h3-13,15-17H,2,14,18,31H2,1H3,(H,32,36). The Labute approximate surface area is 207 Å². The number of halogens is 3. The van der Waals surface area contributed by atoms with Gasteiger partial charge in [0.05, 0.1) is 5.69 Å². The van der Waals surface area contributed by atoms with Gasteiger partial charge in [0.25, 0.3) is 5.91 Å². The molecule has 0 atom stereocenters. The lowest BCUT2D eigenvalue weighted by molar-refractivity contribution is -0.141. The van der Waals surface area contributed by atoms with Crippen LogP contribution in [-0.2, 0) is 12.7 Å². The van der Waals surface area contributed by atoms with Gasteiger partial charge in [-0.3, -0.25) is 4.79 Å². The van der Waals surface area contributed by atoms with E-state index in [9.17, 15) is 18.0 Å². The molecule has 0 fully saturated rings. The number of hydrogen-bond donors (Lipinski definition) is 2. The summed E-state index contributed by atoms with van der Waals surface area (Å²) in [5.41, 5.74) is 7.59. The van der Waals surface area contributed by atoms with E-state index in [1.165, 1.54) is 0 Å². The summed E-state index contributed by atoms with van der Waals surface area (Å²) in [6, 6.07) is 24.3. The highest BCUT2D eigenvalue weighted by molar-refractivity contribution is 6.03. The molecule has 36 heavy (non-hydrogen) atoms. The van der Waals surface area contributed by atoms with Crippen molar-refractivity contribution in [2.45, 2.75) is 26.1 Å². The van der Waals surface area contributed by atoms with E-state index in [4.69, 9.17) is 5.73 Å². The maximum absolute atomic E-state index is 13.5. The van der Waals surface area contributed by atoms with E-state index in [1.807, 2.05) is 36.4 Å². The van der Waals surface area contributed by atoms with Gasteiger partial charge in [-0.15, -0.1) is 0 Å². The molecule has 0 aliphatic rings. The predicted octanol–water partition coefficient (Wildman–Crippen LogP) is 6.15. The Morgan fingerprint density at radius 2 is 1.69 bits per heavy atom. The van der Waals surface area contributed by atoms with Gasteiger partial charge in [-0.1, -0.05) is 43.3 Å². The van der Waals surface area contributed by atoms with E-state index in [-0.39, 0.29) is 12.2 Å². The molecule has 0 radical (unpaired) electrons. The third-order valence-corrected chi connectivity index (χ3v) is 5.55. The zero-order valence-electron chi connectivity index (χ0n) is 19.7. The van der Waals surface area contributed by atoms with E-state index in [0.29, 0.717) is 16.9 Å². The third kappa shape index (κ3) is 5.58. The van der Waals surface area contributed by atoms with Crippen molar-refractivity contribution in [1.82, 2.24) is 9.78 Å². The summed E-state index contributed by atoms with van der Waals surface area (Å²) in [5, 5.41) is 6.41. The average molecular weight is 494 g/mol. The number of aromatic nitrogens is 2. The van der Waals surface area contributed by atoms with Crippen LogP contribution >= 0.6 is 0 Å². The number of rotatable bonds is 8. The lowest BCUT2D eigenvalue weighted by atomic mass is 10.2. The number of para-hydroxylation sites is 1. The lowest BCUT2D eigenvalue weighted by Crippen LogP contribution is -2.19. The normalized spacial score (nSPS) is 11.4. The van der Waals surface area contributed by atoms with Crippen LogP contribution in [0.2, 0.25) is 0 Å². The summed E-state index contributed by atoms with van der Waals surface area (Å²) in [6.07, 6.45) is -3.81. The number of amides is 1. The Morgan fingerprint density at radius 1 is 0.972 bits per heavy atom. The first kappa shape index (κ1) is 25.0. The highest BCUT2D eigenvalue weighted by atomic mass is 19.4. The van der Waals surface area contributed by atoms with E-state index in [1.54, 1.807) is 42.5 Å². The number of alkyl halides is 3. The number of hydrogen-bond acceptors (Lipinski definition) is 4. The first-order chi connectivity index (χ1) is 17.3. The number of benzene rings is 3. The van der Waals surface area contributed by atoms with Crippen molar-refractivity contribution < 1.29 is 18.0 Å². The molecular formula is C27H26F3N5O. The van der Waals surface area contributed by atoms with Gasteiger partial charge in [-0.05, 0) is 54.4 Å². The summed E-state index contributed by atoms with van der Waals surface area (Å²) < 4.78 is 41.4. The fraction of sp³-hybridized carbons (Fsp3) is 0.185. The molecule has 4 rings (SSSR count). The van der Waals surface area contributed by atoms with Crippen molar-refractivity contribution in [3.05, 3.63) is 102 Å². The van der Waals surface area contributed by atoms with Crippen LogP contribution in [0, 0.1) is 0 Å². The Morgan fingerprint density at radius 3 is 2.39 bits per heavy atom. The number of nitrogens with one attached hydrogen (secondary N) is 1. The summed E-state index contributed by atoms with van der Waals surface area (Å²) in [6.45, 7) is 3.02. The zero-order chi connectivity index (χ0) is 25.7. The molecule has 6 nitrogen and oxygen atoms in total. The second-order valence-corrected chi connectivity index (χ2v) is 8.19. The van der Waals surface area contributed by atoms with Crippen LogP contribution in [0.25, 0.3) is 5.69 Å². The molecule has 3 aromatic carbocycles. The molecule has 1 heterocycles. The summed E-state index contributed by atoms with van der Waals surface area (Å²) >= 11 is 0. The Balaban J connectivity index is 1.67. The molecule has 1 aromatic heterocycles. The average Bonchev–Trinajstić information content (AvgIpc) is 3.35. The molecule has 0 aliphatic heterocycles. The molecule has 4 aromatic rings. The van der Waals surface area contributed by atoms with Crippen LogP contribution in [-0.4, -0.2) is 22.2 Å². The maximum Gasteiger partial charge on any atom is 0.435 e. The van der Waals surface area contributed by atoms with E-state index in [0.717, 1.165) is 35.1 Å². The van der Waals surface area contributed by atoms with Crippen molar-refractivity contribution in [2.24, 2.45) is 5.73 Å². The van der Waals surface area contributed by atoms with Crippen LogP contribution in [0.1, 0.15) is 35.1 Å². The fourth-order valence-corrected chi connectivity index (χ4v) is 3.88. The van der Waals surface area contributed by atoms with Crippen LogP contribution in [0.4, 0.5) is 30.2 Å². The Hall–Kier alpha value is -4.11. The van der Waals surface area contributed by atoms with E-state index < -0.39 is 17.8 Å². The predicted molar refractivity (Wildman–Crippen MR) is 135 cm³/mol. The second-order valence-electron chi connectivity index (χ2n) is 8.19. The molecular weight excluding hydrogens is 467 g/mol. The van der Waals surface area contributed by atoms with E-state index >= 15 is 0 Å². The number of nitrogens with two attached hydrogens (primary N) is 1. The fourth-order valence-electron chi connectivity index (χ4n) is 3.88. The first-order valence-corrected chi connectivity index (χ1v) is 11.5. The first-order valence-electron chi connectivity index (χ1n) is 11.5. The summed E-state index contributed by atoms with van der Waals surface area (Å²) in [7, 11) is 0. The van der Waals surface area contributed by atoms with Gasteiger partial charge >= 0.3 is 6.18 Å². The molecule has 0 bridgehead atoms. The van der Waals surface area contributed by atoms with Gasteiger partial charge < -0.3 is 16.0 Å². The molecule has 0 saturated carbocycles. The SMILES string of the molecule is CCCN(c1ccccc1)c1cccc(NC(=O)c2cc(C(F)(F)F)nn2-c2cccc(CN)c2)c1. The maximum atomic E-state index is 13.5. The van der Waals surface area contributed by atoms with Gasteiger partial charge in [0.1, 0.15) is 5.69 Å². The van der Waals surface area contributed by atoms with Gasteiger partial charge in [0.15, 0.2) is 5.69 Å².